The second-order valence-electron chi connectivity index (χ2n) is 5.06. The van der Waals surface area contributed by atoms with Crippen molar-refractivity contribution in [2.45, 2.75) is 25.2 Å². The van der Waals surface area contributed by atoms with E-state index in [1.807, 2.05) is 18.2 Å². The number of nitro groups is 1. The minimum Gasteiger partial charge on any atom is -0.322 e. The van der Waals surface area contributed by atoms with E-state index in [4.69, 9.17) is 0 Å². The second-order valence-corrected chi connectivity index (χ2v) is 6.19. The largest absolute Gasteiger partial charge is 0.322 e. The number of rotatable bonds is 6. The van der Waals surface area contributed by atoms with Crippen molar-refractivity contribution in [1.29, 1.82) is 0 Å². The monoisotopic (exact) mass is 330 g/mol. The maximum atomic E-state index is 12.5. The molecule has 0 spiro atoms. The standard InChI is InChI=1S/C17H18N2O3S/c1-3-10-23-16-7-5-4-6-14(16)17(20)18-15-9-8-13(19(21)22)11-12(15)2/h4-9,11H,3,10H2,1-2H3,(H,18,20). The molecule has 0 radical (unpaired) electrons. The second kappa shape index (κ2) is 7.78. The Morgan fingerprint density at radius 2 is 2.00 bits per heavy atom. The van der Waals surface area contributed by atoms with Crippen LogP contribution >= 0.6 is 11.8 Å². The third kappa shape index (κ3) is 4.32. The van der Waals surface area contributed by atoms with Gasteiger partial charge in [0.05, 0.1) is 10.5 Å². The SMILES string of the molecule is CCCSc1ccccc1C(=O)Nc1ccc([N+](=O)[O-])cc1C. The molecule has 2 aromatic carbocycles. The summed E-state index contributed by atoms with van der Waals surface area (Å²) in [4.78, 5) is 23.8. The Bertz CT molecular complexity index is 732. The summed E-state index contributed by atoms with van der Waals surface area (Å²) in [5.74, 6) is 0.738. The molecule has 0 saturated heterocycles. The minimum atomic E-state index is -0.449. The lowest BCUT2D eigenvalue weighted by Gasteiger charge is -2.11. The van der Waals surface area contributed by atoms with Crippen molar-refractivity contribution in [2.24, 2.45) is 0 Å². The van der Waals surface area contributed by atoms with Gasteiger partial charge < -0.3 is 5.32 Å². The van der Waals surface area contributed by atoms with Crippen molar-refractivity contribution in [3.8, 4) is 0 Å². The van der Waals surface area contributed by atoms with Crippen molar-refractivity contribution in [1.82, 2.24) is 0 Å². The molecule has 0 saturated carbocycles. The number of thioether (sulfide) groups is 1. The van der Waals surface area contributed by atoms with Crippen molar-refractivity contribution in [2.75, 3.05) is 11.1 Å². The first kappa shape index (κ1) is 17.0. The summed E-state index contributed by atoms with van der Waals surface area (Å²) in [7, 11) is 0. The average Bonchev–Trinajstić information content (AvgIpc) is 2.54. The Hall–Kier alpha value is -2.34. The van der Waals surface area contributed by atoms with Crippen molar-refractivity contribution >= 4 is 29.0 Å². The Labute approximate surface area is 139 Å². The summed E-state index contributed by atoms with van der Waals surface area (Å²) in [6.45, 7) is 3.83. The van der Waals surface area contributed by atoms with Crippen LogP contribution in [-0.2, 0) is 0 Å². The molecule has 1 amide bonds. The summed E-state index contributed by atoms with van der Waals surface area (Å²) < 4.78 is 0. The highest BCUT2D eigenvalue weighted by Crippen LogP contribution is 2.26. The number of benzene rings is 2. The molecule has 0 aromatic heterocycles. The zero-order valence-corrected chi connectivity index (χ0v) is 13.9. The number of carbonyl (C=O) groups is 1. The first-order valence-corrected chi connectivity index (χ1v) is 8.29. The topological polar surface area (TPSA) is 72.2 Å². The molecule has 0 unspecified atom stereocenters. The number of carbonyl (C=O) groups excluding carboxylic acids is 1. The van der Waals surface area contributed by atoms with Crippen LogP contribution in [0.3, 0.4) is 0 Å². The summed E-state index contributed by atoms with van der Waals surface area (Å²) in [6, 6.07) is 11.9. The summed E-state index contributed by atoms with van der Waals surface area (Å²) in [5.41, 5.74) is 1.87. The number of hydrogen-bond acceptors (Lipinski definition) is 4. The average molecular weight is 330 g/mol. The number of amides is 1. The molecule has 1 N–H and O–H groups in total. The highest BCUT2D eigenvalue weighted by atomic mass is 32.2. The third-order valence-electron chi connectivity index (χ3n) is 3.26. The highest BCUT2D eigenvalue weighted by molar-refractivity contribution is 7.99. The summed E-state index contributed by atoms with van der Waals surface area (Å²) >= 11 is 1.65. The Morgan fingerprint density at radius 1 is 1.26 bits per heavy atom. The predicted molar refractivity (Wildman–Crippen MR) is 93.2 cm³/mol. The molecule has 120 valence electrons. The Morgan fingerprint density at radius 3 is 2.65 bits per heavy atom. The lowest BCUT2D eigenvalue weighted by atomic mass is 10.1. The number of nitrogens with zero attached hydrogens (tertiary/aromatic N) is 1. The molecule has 0 atom stereocenters. The van der Waals surface area contributed by atoms with Crippen molar-refractivity contribution in [3.63, 3.8) is 0 Å². The molecule has 0 heterocycles. The number of nitro benzene ring substituents is 1. The van der Waals surface area contributed by atoms with E-state index in [9.17, 15) is 14.9 Å². The van der Waals surface area contributed by atoms with E-state index in [0.29, 0.717) is 16.8 Å². The quantitative estimate of drug-likeness (QED) is 0.475. The maximum Gasteiger partial charge on any atom is 0.269 e. The molecule has 2 aromatic rings. The fourth-order valence-corrected chi connectivity index (χ4v) is 3.00. The van der Waals surface area contributed by atoms with Gasteiger partial charge in [0, 0.05) is 22.7 Å². The van der Waals surface area contributed by atoms with Crippen LogP contribution in [0.5, 0.6) is 0 Å². The van der Waals surface area contributed by atoms with Crippen molar-refractivity contribution in [3.05, 3.63) is 63.7 Å². The lowest BCUT2D eigenvalue weighted by Crippen LogP contribution is -2.14. The molecule has 0 aliphatic heterocycles. The smallest absolute Gasteiger partial charge is 0.269 e. The molecule has 5 nitrogen and oxygen atoms in total. The van der Waals surface area contributed by atoms with E-state index in [1.165, 1.54) is 12.1 Å². The number of hydrogen-bond donors (Lipinski definition) is 1. The van der Waals surface area contributed by atoms with E-state index in [1.54, 1.807) is 30.8 Å². The van der Waals surface area contributed by atoms with Crippen LogP contribution < -0.4 is 5.32 Å². The lowest BCUT2D eigenvalue weighted by molar-refractivity contribution is -0.384. The molecule has 0 aliphatic rings. The van der Waals surface area contributed by atoms with Crippen molar-refractivity contribution < 1.29 is 9.72 Å². The van der Waals surface area contributed by atoms with Crippen LogP contribution in [0.1, 0.15) is 29.3 Å². The normalized spacial score (nSPS) is 10.3. The van der Waals surface area contributed by atoms with Gasteiger partial charge in [-0.25, -0.2) is 0 Å². The molecule has 23 heavy (non-hydrogen) atoms. The molecule has 0 bridgehead atoms. The zero-order valence-electron chi connectivity index (χ0n) is 13.0. The predicted octanol–water partition coefficient (Wildman–Crippen LogP) is 4.66. The van der Waals surface area contributed by atoms with E-state index >= 15 is 0 Å². The fourth-order valence-electron chi connectivity index (χ4n) is 2.08. The molecule has 0 aliphatic carbocycles. The van der Waals surface area contributed by atoms with Crippen LogP contribution in [0, 0.1) is 17.0 Å². The van der Waals surface area contributed by atoms with Gasteiger partial charge in [0.15, 0.2) is 0 Å². The van der Waals surface area contributed by atoms with E-state index in [0.717, 1.165) is 17.1 Å². The first-order chi connectivity index (χ1) is 11.0. The van der Waals surface area contributed by atoms with Crippen LogP contribution in [0.2, 0.25) is 0 Å². The zero-order chi connectivity index (χ0) is 16.8. The number of aryl methyl sites for hydroxylation is 1. The highest BCUT2D eigenvalue weighted by Gasteiger charge is 2.14. The van der Waals surface area contributed by atoms with Gasteiger partial charge in [0.25, 0.3) is 11.6 Å². The molecular formula is C17H18N2O3S. The van der Waals surface area contributed by atoms with E-state index in [2.05, 4.69) is 12.2 Å². The van der Waals surface area contributed by atoms with Crippen LogP contribution in [0.15, 0.2) is 47.4 Å². The fraction of sp³-hybridized carbons (Fsp3) is 0.235. The third-order valence-corrected chi connectivity index (χ3v) is 4.54. The van der Waals surface area contributed by atoms with E-state index < -0.39 is 4.92 Å². The van der Waals surface area contributed by atoms with Gasteiger partial charge in [-0.15, -0.1) is 11.8 Å². The molecular weight excluding hydrogens is 312 g/mol. The number of nitrogens with one attached hydrogen (secondary N) is 1. The number of anilines is 1. The maximum absolute atomic E-state index is 12.5. The summed E-state index contributed by atoms with van der Waals surface area (Å²) in [6.07, 6.45) is 1.03. The molecule has 6 heteroatoms. The van der Waals surface area contributed by atoms with Crippen LogP contribution in [0.25, 0.3) is 0 Å². The van der Waals surface area contributed by atoms with Gasteiger partial charge in [-0.3, -0.25) is 14.9 Å². The molecule has 2 rings (SSSR count). The van der Waals surface area contributed by atoms with Gasteiger partial charge >= 0.3 is 0 Å². The number of non-ortho nitro benzene ring substituents is 1. The Kier molecular flexibility index (Phi) is 5.76. The summed E-state index contributed by atoms with van der Waals surface area (Å²) in [5, 5.41) is 13.6. The first-order valence-electron chi connectivity index (χ1n) is 7.31. The van der Waals surface area contributed by atoms with Gasteiger partial charge in [-0.2, -0.15) is 0 Å². The van der Waals surface area contributed by atoms with Crippen LogP contribution in [-0.4, -0.2) is 16.6 Å². The van der Waals surface area contributed by atoms with Crippen LogP contribution in [0.4, 0.5) is 11.4 Å². The van der Waals surface area contributed by atoms with E-state index in [-0.39, 0.29) is 11.6 Å². The molecule has 0 fully saturated rings. The van der Waals surface area contributed by atoms with Gasteiger partial charge in [0.1, 0.15) is 0 Å². The van der Waals surface area contributed by atoms with Gasteiger partial charge in [-0.1, -0.05) is 19.1 Å². The Balaban J connectivity index is 2.21. The minimum absolute atomic E-state index is 0.0133. The van der Waals surface area contributed by atoms with Gasteiger partial charge in [-0.05, 0) is 42.9 Å². The van der Waals surface area contributed by atoms with Gasteiger partial charge in [0.2, 0.25) is 0 Å².